The Hall–Kier alpha value is -2.39. The maximum atomic E-state index is 12.5. The fourth-order valence-electron chi connectivity index (χ4n) is 2.52. The number of ether oxygens (including phenoxy) is 1. The number of nitrogens with zero attached hydrogens (tertiary/aromatic N) is 2. The molecule has 0 bridgehead atoms. The maximum absolute atomic E-state index is 12.5. The van der Waals surface area contributed by atoms with Crippen molar-refractivity contribution in [1.82, 2.24) is 9.13 Å². The Bertz CT molecular complexity index is 1060. The second kappa shape index (κ2) is 8.74. The molecule has 8 nitrogen and oxygen atoms in total. The molecule has 2 rings (SSSR count). The summed E-state index contributed by atoms with van der Waals surface area (Å²) in [5, 5.41) is 0.154. The normalized spacial score (nSPS) is 10.9. The predicted molar refractivity (Wildman–Crippen MR) is 109 cm³/mol. The number of benzene rings is 1. The van der Waals surface area contributed by atoms with E-state index in [4.69, 9.17) is 22.1 Å². The molecule has 1 aromatic carbocycles. The largest absolute Gasteiger partial charge is 0.454 e. The third-order valence-corrected chi connectivity index (χ3v) is 4.72. The maximum Gasteiger partial charge on any atom is 0.340 e. The van der Waals surface area contributed by atoms with E-state index in [1.165, 1.54) is 19.2 Å². The number of nitrogens with two attached hydrogens (primary N) is 1. The second-order valence-electron chi connectivity index (χ2n) is 6.53. The Balaban J connectivity index is 2.33. The molecule has 0 unspecified atom stereocenters. The molecule has 2 N–H and O–H groups in total. The van der Waals surface area contributed by atoms with Gasteiger partial charge in [0.15, 0.2) is 6.61 Å². The third kappa shape index (κ3) is 4.53. The molecule has 0 saturated heterocycles. The number of hydrogen-bond acceptors (Lipinski definition) is 6. The van der Waals surface area contributed by atoms with Crippen LogP contribution in [0.15, 0.2) is 32.3 Å². The average molecular weight is 473 g/mol. The number of esters is 1. The summed E-state index contributed by atoms with van der Waals surface area (Å²) >= 11 is 9.18. The lowest BCUT2D eigenvalue weighted by Crippen LogP contribution is -2.43. The Labute approximate surface area is 174 Å². The predicted octanol–water partition coefficient (Wildman–Crippen LogP) is 2.24. The molecule has 1 heterocycles. The van der Waals surface area contributed by atoms with Crippen molar-refractivity contribution in [1.29, 1.82) is 0 Å². The van der Waals surface area contributed by atoms with Gasteiger partial charge in [-0.1, -0.05) is 41.4 Å². The van der Waals surface area contributed by atoms with Gasteiger partial charge in [-0.05, 0) is 24.1 Å². The van der Waals surface area contributed by atoms with Gasteiger partial charge in [-0.15, -0.1) is 0 Å². The number of hydrogen-bond donors (Lipinski definition) is 1. The highest BCUT2D eigenvalue weighted by Gasteiger charge is 2.23. The summed E-state index contributed by atoms with van der Waals surface area (Å²) in [4.78, 5) is 49.4. The number of nitrogen functional groups attached to an aromatic ring is 1. The van der Waals surface area contributed by atoms with Gasteiger partial charge in [0, 0.05) is 18.1 Å². The SMILES string of the molecule is CC(C)Cn1c(N)c(C(=O)COC(=O)c2cc(Br)ccc2Cl)c(=O)n(C)c1=O. The van der Waals surface area contributed by atoms with E-state index >= 15 is 0 Å². The number of ketones is 1. The average Bonchev–Trinajstić information content (AvgIpc) is 2.63. The summed E-state index contributed by atoms with van der Waals surface area (Å²) in [6.07, 6.45) is 0. The molecule has 0 amide bonds. The molecule has 0 aliphatic heterocycles. The first-order valence-electron chi connectivity index (χ1n) is 8.29. The molecule has 2 aromatic rings. The summed E-state index contributed by atoms with van der Waals surface area (Å²) in [5.41, 5.74) is 4.13. The number of anilines is 1. The van der Waals surface area contributed by atoms with Crippen LogP contribution in [0.3, 0.4) is 0 Å². The van der Waals surface area contributed by atoms with Gasteiger partial charge < -0.3 is 10.5 Å². The quantitative estimate of drug-likeness (QED) is 0.509. The van der Waals surface area contributed by atoms with E-state index in [1.807, 2.05) is 13.8 Å². The first-order chi connectivity index (χ1) is 13.0. The van der Waals surface area contributed by atoms with Gasteiger partial charge in [-0.3, -0.25) is 18.7 Å². The Morgan fingerprint density at radius 3 is 2.54 bits per heavy atom. The van der Waals surface area contributed by atoms with Crippen LogP contribution in [-0.2, 0) is 18.3 Å². The first kappa shape index (κ1) is 21.9. The van der Waals surface area contributed by atoms with E-state index < -0.39 is 35.2 Å². The zero-order valence-corrected chi connectivity index (χ0v) is 17.8. The Kier molecular flexibility index (Phi) is 6.84. The molecule has 0 aliphatic rings. The minimum Gasteiger partial charge on any atom is -0.454 e. The van der Waals surface area contributed by atoms with Crippen molar-refractivity contribution in [2.24, 2.45) is 13.0 Å². The Morgan fingerprint density at radius 2 is 1.93 bits per heavy atom. The zero-order chi connectivity index (χ0) is 21.2. The summed E-state index contributed by atoms with van der Waals surface area (Å²) in [5.74, 6) is -1.83. The smallest absolute Gasteiger partial charge is 0.340 e. The monoisotopic (exact) mass is 471 g/mol. The molecule has 1 aromatic heterocycles. The number of halogens is 2. The summed E-state index contributed by atoms with van der Waals surface area (Å²) in [6.45, 7) is 3.23. The molecule has 150 valence electrons. The van der Waals surface area contributed by atoms with Crippen molar-refractivity contribution < 1.29 is 14.3 Å². The lowest BCUT2D eigenvalue weighted by Gasteiger charge is -2.16. The van der Waals surface area contributed by atoms with Gasteiger partial charge >= 0.3 is 11.7 Å². The van der Waals surface area contributed by atoms with Crippen LogP contribution < -0.4 is 17.0 Å². The van der Waals surface area contributed by atoms with Gasteiger partial charge in [-0.2, -0.15) is 0 Å². The lowest BCUT2D eigenvalue weighted by molar-refractivity contribution is 0.0474. The van der Waals surface area contributed by atoms with Crippen molar-refractivity contribution in [2.45, 2.75) is 20.4 Å². The van der Waals surface area contributed by atoms with Crippen LogP contribution in [0.1, 0.15) is 34.6 Å². The fraction of sp³-hybridized carbons (Fsp3) is 0.333. The van der Waals surface area contributed by atoms with Crippen LogP contribution in [0.2, 0.25) is 5.02 Å². The molecule has 0 aliphatic carbocycles. The molecule has 0 spiro atoms. The van der Waals surface area contributed by atoms with Crippen LogP contribution in [0.5, 0.6) is 0 Å². The summed E-state index contributed by atoms with van der Waals surface area (Å²) < 4.78 is 7.57. The summed E-state index contributed by atoms with van der Waals surface area (Å²) in [7, 11) is 1.25. The standard InChI is InChI=1S/C18H19BrClN3O5/c1-9(2)7-23-15(21)14(16(25)22(3)18(23)27)13(24)8-28-17(26)11-6-10(19)4-5-12(11)20/h4-6,9H,7-8,21H2,1-3H3. The molecule has 0 atom stereocenters. The molecule has 0 radical (unpaired) electrons. The van der Waals surface area contributed by atoms with Crippen molar-refractivity contribution >= 4 is 45.1 Å². The minimum atomic E-state index is -0.843. The van der Waals surface area contributed by atoms with Crippen molar-refractivity contribution in [3.05, 3.63) is 59.7 Å². The van der Waals surface area contributed by atoms with E-state index in [-0.39, 0.29) is 28.9 Å². The van der Waals surface area contributed by atoms with E-state index in [9.17, 15) is 19.2 Å². The number of carbonyl (C=O) groups is 2. The van der Waals surface area contributed by atoms with Crippen LogP contribution in [-0.4, -0.2) is 27.5 Å². The number of aromatic nitrogens is 2. The third-order valence-electron chi connectivity index (χ3n) is 3.89. The van der Waals surface area contributed by atoms with Crippen LogP contribution >= 0.6 is 27.5 Å². The molecular weight excluding hydrogens is 454 g/mol. The highest BCUT2D eigenvalue weighted by Crippen LogP contribution is 2.22. The first-order valence-corrected chi connectivity index (χ1v) is 9.46. The van der Waals surface area contributed by atoms with E-state index in [1.54, 1.807) is 6.07 Å². The van der Waals surface area contributed by atoms with E-state index in [0.717, 1.165) is 9.13 Å². The number of rotatable bonds is 6. The lowest BCUT2D eigenvalue weighted by atomic mass is 10.1. The zero-order valence-electron chi connectivity index (χ0n) is 15.5. The topological polar surface area (TPSA) is 113 Å². The van der Waals surface area contributed by atoms with Crippen LogP contribution in [0, 0.1) is 5.92 Å². The molecular formula is C18H19BrClN3O5. The van der Waals surface area contributed by atoms with Crippen molar-refractivity contribution in [3.63, 3.8) is 0 Å². The molecule has 0 fully saturated rings. The van der Waals surface area contributed by atoms with Gasteiger partial charge in [0.2, 0.25) is 5.78 Å². The highest BCUT2D eigenvalue weighted by molar-refractivity contribution is 9.10. The Morgan fingerprint density at radius 1 is 1.29 bits per heavy atom. The second-order valence-corrected chi connectivity index (χ2v) is 7.86. The van der Waals surface area contributed by atoms with Crippen LogP contribution in [0.25, 0.3) is 0 Å². The number of carbonyl (C=O) groups excluding carboxylic acids is 2. The van der Waals surface area contributed by atoms with Gasteiger partial charge in [0.1, 0.15) is 11.4 Å². The van der Waals surface area contributed by atoms with E-state index in [2.05, 4.69) is 15.9 Å². The van der Waals surface area contributed by atoms with Crippen molar-refractivity contribution in [2.75, 3.05) is 12.3 Å². The van der Waals surface area contributed by atoms with Crippen LogP contribution in [0.4, 0.5) is 5.82 Å². The van der Waals surface area contributed by atoms with Crippen molar-refractivity contribution in [3.8, 4) is 0 Å². The molecule has 10 heteroatoms. The van der Waals surface area contributed by atoms with E-state index in [0.29, 0.717) is 4.47 Å². The fourth-order valence-corrected chi connectivity index (χ4v) is 3.08. The molecule has 28 heavy (non-hydrogen) atoms. The number of Topliss-reactive ketones (excluding diaryl/α,β-unsaturated/α-hetero) is 1. The summed E-state index contributed by atoms with van der Waals surface area (Å²) in [6, 6.07) is 4.59. The van der Waals surface area contributed by atoms with Gasteiger partial charge in [-0.25, -0.2) is 9.59 Å². The highest BCUT2D eigenvalue weighted by atomic mass is 79.9. The minimum absolute atomic E-state index is 0.0527. The molecule has 0 saturated carbocycles. The van der Waals surface area contributed by atoms with Gasteiger partial charge in [0.25, 0.3) is 5.56 Å². The van der Waals surface area contributed by atoms with Gasteiger partial charge in [0.05, 0.1) is 10.6 Å².